The van der Waals surface area contributed by atoms with Crippen LogP contribution in [0.4, 0.5) is 18.9 Å². The highest BCUT2D eigenvalue weighted by molar-refractivity contribution is 6.32. The lowest BCUT2D eigenvalue weighted by molar-refractivity contribution is -0.385. The minimum Gasteiger partial charge on any atom is -0.463 e. The van der Waals surface area contributed by atoms with E-state index in [2.05, 4.69) is 4.74 Å². The van der Waals surface area contributed by atoms with E-state index in [-0.39, 0.29) is 28.7 Å². The SMILES string of the molecule is CCOC(=O)COC(=O)Cc1cc(Oc2ccc(C(F)(F)F)cc2Cl)ccc1[N+](=O)[O-]. The van der Waals surface area contributed by atoms with E-state index in [0.29, 0.717) is 6.07 Å². The third-order valence-electron chi connectivity index (χ3n) is 3.73. The smallest absolute Gasteiger partial charge is 0.416 e. The van der Waals surface area contributed by atoms with Gasteiger partial charge in [0.15, 0.2) is 6.61 Å². The minimum atomic E-state index is -4.59. The normalized spacial score (nSPS) is 11.0. The van der Waals surface area contributed by atoms with Gasteiger partial charge in [0.05, 0.1) is 28.5 Å². The van der Waals surface area contributed by atoms with Crippen molar-refractivity contribution in [2.45, 2.75) is 19.5 Å². The predicted molar refractivity (Wildman–Crippen MR) is 101 cm³/mol. The van der Waals surface area contributed by atoms with Crippen LogP contribution < -0.4 is 4.74 Å². The predicted octanol–water partition coefficient (Wildman–Crippen LogP) is 4.71. The highest BCUT2D eigenvalue weighted by Crippen LogP contribution is 2.37. The van der Waals surface area contributed by atoms with Crippen LogP contribution in [0.3, 0.4) is 0 Å². The maximum Gasteiger partial charge on any atom is 0.416 e. The van der Waals surface area contributed by atoms with Gasteiger partial charge in [-0.2, -0.15) is 13.2 Å². The number of halogens is 4. The van der Waals surface area contributed by atoms with Crippen LogP contribution in [0.2, 0.25) is 5.02 Å². The van der Waals surface area contributed by atoms with Crippen molar-refractivity contribution in [2.24, 2.45) is 0 Å². The Kier molecular flexibility index (Phi) is 7.81. The zero-order chi connectivity index (χ0) is 23.2. The number of nitro benzene ring substituents is 1. The molecule has 0 aliphatic carbocycles. The Bertz CT molecular complexity index is 995. The number of benzene rings is 2. The largest absolute Gasteiger partial charge is 0.463 e. The third-order valence-corrected chi connectivity index (χ3v) is 4.02. The van der Waals surface area contributed by atoms with Crippen molar-refractivity contribution in [1.82, 2.24) is 0 Å². The summed E-state index contributed by atoms with van der Waals surface area (Å²) < 4.78 is 53.0. The zero-order valence-electron chi connectivity index (χ0n) is 15.9. The molecule has 2 aromatic rings. The van der Waals surface area contributed by atoms with Crippen LogP contribution in [0, 0.1) is 10.1 Å². The Hall–Kier alpha value is -3.34. The first-order chi connectivity index (χ1) is 14.5. The molecule has 0 bridgehead atoms. The lowest BCUT2D eigenvalue weighted by Gasteiger charge is -2.12. The second-order valence-corrected chi connectivity index (χ2v) is 6.34. The highest BCUT2D eigenvalue weighted by atomic mass is 35.5. The second kappa shape index (κ2) is 10.1. The quantitative estimate of drug-likeness (QED) is 0.318. The number of nitro groups is 1. The minimum absolute atomic E-state index is 0.0135. The number of carbonyl (C=O) groups is 2. The maximum atomic E-state index is 12.7. The first kappa shape index (κ1) is 23.9. The summed E-state index contributed by atoms with van der Waals surface area (Å²) in [6.45, 7) is 1.00. The van der Waals surface area contributed by atoms with E-state index in [4.69, 9.17) is 21.1 Å². The van der Waals surface area contributed by atoms with Crippen LogP contribution in [0.5, 0.6) is 11.5 Å². The molecule has 166 valence electrons. The topological polar surface area (TPSA) is 105 Å². The first-order valence-electron chi connectivity index (χ1n) is 8.64. The van der Waals surface area contributed by atoms with E-state index < -0.39 is 47.3 Å². The molecule has 0 heterocycles. The van der Waals surface area contributed by atoms with E-state index in [9.17, 15) is 32.9 Å². The lowest BCUT2D eigenvalue weighted by Crippen LogP contribution is -2.18. The Morgan fingerprint density at radius 3 is 2.39 bits per heavy atom. The number of ether oxygens (including phenoxy) is 3. The monoisotopic (exact) mass is 461 g/mol. The average molecular weight is 462 g/mol. The van der Waals surface area contributed by atoms with E-state index in [1.807, 2.05) is 0 Å². The zero-order valence-corrected chi connectivity index (χ0v) is 16.7. The summed E-state index contributed by atoms with van der Waals surface area (Å²) in [5.41, 5.74) is -1.49. The van der Waals surface area contributed by atoms with Gasteiger partial charge in [0.2, 0.25) is 0 Å². The molecular weight excluding hydrogens is 447 g/mol. The standard InChI is InChI=1S/C19H15ClF3NO7/c1-2-29-18(26)10-30-17(25)8-11-7-13(4-5-15(11)24(27)28)31-16-6-3-12(9-14(16)20)19(21,22)23/h3-7,9H,2,8,10H2,1H3. The fourth-order valence-electron chi connectivity index (χ4n) is 2.38. The molecule has 0 radical (unpaired) electrons. The molecule has 0 aliphatic heterocycles. The van der Waals surface area contributed by atoms with Gasteiger partial charge in [-0.05, 0) is 37.3 Å². The van der Waals surface area contributed by atoms with Gasteiger partial charge in [-0.25, -0.2) is 4.79 Å². The number of nitrogens with zero attached hydrogens (tertiary/aromatic N) is 1. The number of esters is 2. The summed E-state index contributed by atoms with van der Waals surface area (Å²) in [5.74, 6) is -1.85. The summed E-state index contributed by atoms with van der Waals surface area (Å²) in [4.78, 5) is 33.7. The Balaban J connectivity index is 2.20. The van der Waals surface area contributed by atoms with Crippen LogP contribution in [-0.4, -0.2) is 30.1 Å². The van der Waals surface area contributed by atoms with E-state index >= 15 is 0 Å². The number of hydrogen-bond donors (Lipinski definition) is 0. The van der Waals surface area contributed by atoms with E-state index in [1.165, 1.54) is 6.07 Å². The van der Waals surface area contributed by atoms with Crippen molar-refractivity contribution < 1.29 is 41.9 Å². The van der Waals surface area contributed by atoms with Crippen LogP contribution in [0.25, 0.3) is 0 Å². The van der Waals surface area contributed by atoms with Gasteiger partial charge in [-0.3, -0.25) is 14.9 Å². The van der Waals surface area contributed by atoms with Gasteiger partial charge in [-0.15, -0.1) is 0 Å². The fourth-order valence-corrected chi connectivity index (χ4v) is 2.60. The Morgan fingerprint density at radius 2 is 1.81 bits per heavy atom. The van der Waals surface area contributed by atoms with E-state index in [1.54, 1.807) is 6.92 Å². The second-order valence-electron chi connectivity index (χ2n) is 5.94. The van der Waals surface area contributed by atoms with Gasteiger partial charge in [0.25, 0.3) is 5.69 Å². The molecule has 12 heteroatoms. The van der Waals surface area contributed by atoms with Gasteiger partial charge < -0.3 is 14.2 Å². The molecule has 0 saturated heterocycles. The Labute approximate surface area is 178 Å². The molecule has 0 aliphatic rings. The molecular formula is C19H15ClF3NO7. The fraction of sp³-hybridized carbons (Fsp3) is 0.263. The van der Waals surface area contributed by atoms with Crippen LogP contribution in [0.15, 0.2) is 36.4 Å². The van der Waals surface area contributed by atoms with Crippen molar-refractivity contribution in [3.63, 3.8) is 0 Å². The highest BCUT2D eigenvalue weighted by Gasteiger charge is 2.31. The molecule has 31 heavy (non-hydrogen) atoms. The van der Waals surface area contributed by atoms with Gasteiger partial charge in [0, 0.05) is 11.6 Å². The molecule has 0 amide bonds. The molecule has 2 rings (SSSR count). The molecule has 0 atom stereocenters. The average Bonchev–Trinajstić information content (AvgIpc) is 2.67. The summed E-state index contributed by atoms with van der Waals surface area (Å²) >= 11 is 5.84. The number of hydrogen-bond acceptors (Lipinski definition) is 7. The van der Waals surface area contributed by atoms with Crippen molar-refractivity contribution in [2.75, 3.05) is 13.2 Å². The summed E-state index contributed by atoms with van der Waals surface area (Å²) in [7, 11) is 0. The van der Waals surface area contributed by atoms with Crippen molar-refractivity contribution in [1.29, 1.82) is 0 Å². The van der Waals surface area contributed by atoms with Crippen molar-refractivity contribution >= 4 is 29.2 Å². The third kappa shape index (κ3) is 6.85. The molecule has 0 saturated carbocycles. The molecule has 2 aromatic carbocycles. The molecule has 0 fully saturated rings. The number of rotatable bonds is 8. The first-order valence-corrected chi connectivity index (χ1v) is 9.02. The van der Waals surface area contributed by atoms with Crippen LogP contribution in [0.1, 0.15) is 18.1 Å². The number of carbonyl (C=O) groups excluding carboxylic acids is 2. The Morgan fingerprint density at radius 1 is 1.10 bits per heavy atom. The van der Waals surface area contributed by atoms with E-state index in [0.717, 1.165) is 24.3 Å². The maximum absolute atomic E-state index is 12.7. The van der Waals surface area contributed by atoms with Gasteiger partial charge in [0.1, 0.15) is 11.5 Å². The summed E-state index contributed by atoms with van der Waals surface area (Å²) in [6.07, 6.45) is -5.15. The van der Waals surface area contributed by atoms with Crippen LogP contribution in [-0.2, 0) is 31.7 Å². The molecule has 0 unspecified atom stereocenters. The van der Waals surface area contributed by atoms with Gasteiger partial charge >= 0.3 is 18.1 Å². The summed E-state index contributed by atoms with van der Waals surface area (Å²) in [6, 6.07) is 5.84. The summed E-state index contributed by atoms with van der Waals surface area (Å²) in [5, 5.41) is 10.9. The van der Waals surface area contributed by atoms with Gasteiger partial charge in [-0.1, -0.05) is 11.6 Å². The van der Waals surface area contributed by atoms with Crippen LogP contribution >= 0.6 is 11.6 Å². The molecule has 0 aromatic heterocycles. The van der Waals surface area contributed by atoms with Crippen molar-refractivity contribution in [3.05, 3.63) is 62.7 Å². The molecule has 0 spiro atoms. The number of alkyl halides is 3. The lowest BCUT2D eigenvalue weighted by atomic mass is 10.1. The molecule has 0 N–H and O–H groups in total. The van der Waals surface area contributed by atoms with Crippen molar-refractivity contribution in [3.8, 4) is 11.5 Å². The molecule has 8 nitrogen and oxygen atoms in total.